The Hall–Kier alpha value is -4.39. The first-order valence-electron chi connectivity index (χ1n) is 11.4. The second-order valence-corrected chi connectivity index (χ2v) is 8.34. The van der Waals surface area contributed by atoms with E-state index < -0.39 is 5.97 Å². The molecule has 7 heteroatoms. The molecule has 0 unspecified atom stereocenters. The fourth-order valence-corrected chi connectivity index (χ4v) is 3.83. The molecular formula is C28H27N3O4. The maximum absolute atomic E-state index is 13.1. The van der Waals surface area contributed by atoms with Gasteiger partial charge in [0.05, 0.1) is 35.5 Å². The van der Waals surface area contributed by atoms with Gasteiger partial charge in [0.25, 0.3) is 5.91 Å². The van der Waals surface area contributed by atoms with E-state index in [2.05, 4.69) is 10.6 Å². The number of likely N-dealkylation sites (N-methyl/N-ethyl adjacent to an activating group) is 1. The molecule has 0 bridgehead atoms. The molecule has 178 valence electrons. The molecule has 0 aromatic heterocycles. The molecule has 7 nitrogen and oxygen atoms in total. The lowest BCUT2D eigenvalue weighted by Crippen LogP contribution is -2.23. The molecule has 1 heterocycles. The number of carbonyl (C=O) groups is 3. The highest BCUT2D eigenvalue weighted by molar-refractivity contribution is 6.37. The van der Waals surface area contributed by atoms with Crippen molar-refractivity contribution in [2.45, 2.75) is 13.3 Å². The van der Waals surface area contributed by atoms with E-state index in [0.717, 1.165) is 16.8 Å². The summed E-state index contributed by atoms with van der Waals surface area (Å²) in [7, 11) is 3.47. The zero-order chi connectivity index (χ0) is 24.9. The second-order valence-electron chi connectivity index (χ2n) is 8.34. The fraction of sp³-hybridized carbons (Fsp3) is 0.179. The summed E-state index contributed by atoms with van der Waals surface area (Å²) >= 11 is 0. The minimum Gasteiger partial charge on any atom is -0.462 e. The molecule has 0 saturated carbocycles. The van der Waals surface area contributed by atoms with Gasteiger partial charge in [-0.1, -0.05) is 48.5 Å². The fourth-order valence-electron chi connectivity index (χ4n) is 3.83. The summed E-state index contributed by atoms with van der Waals surface area (Å²) in [5, 5.41) is 6.28. The van der Waals surface area contributed by atoms with Crippen LogP contribution in [0.5, 0.6) is 0 Å². The minimum absolute atomic E-state index is 0.0271. The van der Waals surface area contributed by atoms with Gasteiger partial charge in [-0.3, -0.25) is 9.59 Å². The van der Waals surface area contributed by atoms with Crippen molar-refractivity contribution in [3.05, 3.63) is 95.1 Å². The third-order valence-electron chi connectivity index (χ3n) is 5.67. The number of anilines is 2. The van der Waals surface area contributed by atoms with E-state index in [9.17, 15) is 14.4 Å². The molecule has 0 radical (unpaired) electrons. The Morgan fingerprint density at radius 1 is 0.943 bits per heavy atom. The van der Waals surface area contributed by atoms with Crippen molar-refractivity contribution >= 4 is 40.4 Å². The predicted molar refractivity (Wildman–Crippen MR) is 137 cm³/mol. The van der Waals surface area contributed by atoms with Crippen LogP contribution in [0.3, 0.4) is 0 Å². The lowest BCUT2D eigenvalue weighted by atomic mass is 9.99. The van der Waals surface area contributed by atoms with E-state index in [4.69, 9.17) is 4.74 Å². The predicted octanol–water partition coefficient (Wildman–Crippen LogP) is 4.43. The van der Waals surface area contributed by atoms with Crippen LogP contribution in [0.25, 0.3) is 11.3 Å². The quantitative estimate of drug-likeness (QED) is 0.395. The lowest BCUT2D eigenvalue weighted by Gasteiger charge is -2.15. The van der Waals surface area contributed by atoms with Gasteiger partial charge in [-0.25, -0.2) is 4.79 Å². The molecular weight excluding hydrogens is 442 g/mol. The van der Waals surface area contributed by atoms with Crippen molar-refractivity contribution < 1.29 is 19.1 Å². The van der Waals surface area contributed by atoms with Crippen LogP contribution in [-0.2, 0) is 20.7 Å². The number of nitrogens with zero attached hydrogens (tertiary/aromatic N) is 1. The Labute approximate surface area is 204 Å². The summed E-state index contributed by atoms with van der Waals surface area (Å²) in [5.74, 6) is -0.670. The van der Waals surface area contributed by atoms with Crippen LogP contribution >= 0.6 is 0 Å². The largest absolute Gasteiger partial charge is 0.462 e. The van der Waals surface area contributed by atoms with Gasteiger partial charge in [-0.15, -0.1) is 0 Å². The SMILES string of the molecule is CCOC(=O)c1ccc2c(c1)NC(=O)/C2=C(/Nc1ccc(CC(=O)N(C)C)cc1)c1ccccc1. The average molecular weight is 470 g/mol. The molecule has 3 aromatic rings. The van der Waals surface area contributed by atoms with E-state index in [0.29, 0.717) is 34.5 Å². The molecule has 4 rings (SSSR count). The van der Waals surface area contributed by atoms with Gasteiger partial charge in [0.1, 0.15) is 0 Å². The summed E-state index contributed by atoms with van der Waals surface area (Å²) in [6.07, 6.45) is 0.318. The van der Waals surface area contributed by atoms with Gasteiger partial charge in [-0.2, -0.15) is 0 Å². The highest BCUT2D eigenvalue weighted by Gasteiger charge is 2.29. The third-order valence-corrected chi connectivity index (χ3v) is 5.67. The number of rotatable bonds is 7. The monoisotopic (exact) mass is 469 g/mol. The Morgan fingerprint density at radius 2 is 1.66 bits per heavy atom. The van der Waals surface area contributed by atoms with Gasteiger partial charge in [-0.05, 0) is 42.3 Å². The Morgan fingerprint density at radius 3 is 2.31 bits per heavy atom. The van der Waals surface area contributed by atoms with Crippen molar-refractivity contribution in [1.29, 1.82) is 0 Å². The molecule has 1 aliphatic rings. The van der Waals surface area contributed by atoms with Crippen molar-refractivity contribution in [3.8, 4) is 0 Å². The Balaban J connectivity index is 1.72. The topological polar surface area (TPSA) is 87.7 Å². The number of amides is 2. The van der Waals surface area contributed by atoms with Crippen LogP contribution < -0.4 is 10.6 Å². The summed E-state index contributed by atoms with van der Waals surface area (Å²) in [6, 6.07) is 22.2. The van der Waals surface area contributed by atoms with E-state index in [1.807, 2.05) is 54.6 Å². The van der Waals surface area contributed by atoms with Crippen LogP contribution in [0.2, 0.25) is 0 Å². The summed E-state index contributed by atoms with van der Waals surface area (Å²) in [4.78, 5) is 38.8. The first kappa shape index (κ1) is 23.8. The van der Waals surface area contributed by atoms with Crippen molar-refractivity contribution in [3.63, 3.8) is 0 Å². The van der Waals surface area contributed by atoms with Crippen molar-refractivity contribution in [2.24, 2.45) is 0 Å². The number of benzene rings is 3. The maximum atomic E-state index is 13.1. The standard InChI is InChI=1S/C28H27N3O4/c1-4-35-28(34)20-12-15-22-23(17-20)30-27(33)25(22)26(19-8-6-5-7-9-19)29-21-13-10-18(11-14-21)16-24(32)31(2)3/h5-15,17,29H,4,16H2,1-3H3,(H,30,33)/b26-25+. The zero-order valence-electron chi connectivity index (χ0n) is 19.9. The number of fused-ring (bicyclic) bond motifs is 1. The molecule has 0 saturated heterocycles. The minimum atomic E-state index is -0.434. The highest BCUT2D eigenvalue weighted by Crippen LogP contribution is 2.38. The smallest absolute Gasteiger partial charge is 0.338 e. The van der Waals surface area contributed by atoms with Gasteiger partial charge >= 0.3 is 5.97 Å². The summed E-state index contributed by atoms with van der Waals surface area (Å²) < 4.78 is 5.08. The molecule has 1 aliphatic heterocycles. The number of carbonyl (C=O) groups excluding carboxylic acids is 3. The Bertz CT molecular complexity index is 1300. The second kappa shape index (κ2) is 10.3. The van der Waals surface area contributed by atoms with Crippen LogP contribution in [0.4, 0.5) is 11.4 Å². The molecule has 0 aliphatic carbocycles. The third kappa shape index (κ3) is 5.24. The molecule has 0 fully saturated rings. The van der Waals surface area contributed by atoms with Gasteiger partial charge < -0.3 is 20.3 Å². The summed E-state index contributed by atoms with van der Waals surface area (Å²) in [6.45, 7) is 2.02. The van der Waals surface area contributed by atoms with Crippen LogP contribution in [0.15, 0.2) is 72.8 Å². The first-order chi connectivity index (χ1) is 16.9. The van der Waals surface area contributed by atoms with E-state index >= 15 is 0 Å². The zero-order valence-corrected chi connectivity index (χ0v) is 19.9. The van der Waals surface area contributed by atoms with Crippen molar-refractivity contribution in [2.75, 3.05) is 31.3 Å². The summed E-state index contributed by atoms with van der Waals surface area (Å²) in [5.41, 5.74) is 5.28. The van der Waals surface area contributed by atoms with E-state index in [-0.39, 0.29) is 18.4 Å². The average Bonchev–Trinajstić information content (AvgIpc) is 3.18. The van der Waals surface area contributed by atoms with Crippen molar-refractivity contribution in [1.82, 2.24) is 4.90 Å². The van der Waals surface area contributed by atoms with Crippen LogP contribution in [0.1, 0.15) is 34.0 Å². The molecule has 2 amide bonds. The molecule has 2 N–H and O–H groups in total. The highest BCUT2D eigenvalue weighted by atomic mass is 16.5. The number of esters is 1. The normalized spacial score (nSPS) is 13.5. The molecule has 0 spiro atoms. The number of ether oxygens (including phenoxy) is 1. The Kier molecular flexibility index (Phi) is 6.96. The van der Waals surface area contributed by atoms with Gasteiger partial charge in [0.2, 0.25) is 5.91 Å². The molecule has 35 heavy (non-hydrogen) atoms. The van der Waals surface area contributed by atoms with Gasteiger partial charge in [0, 0.05) is 25.3 Å². The number of hydrogen-bond acceptors (Lipinski definition) is 5. The van der Waals surface area contributed by atoms with E-state index in [1.54, 1.807) is 44.1 Å². The van der Waals surface area contributed by atoms with Crippen LogP contribution in [-0.4, -0.2) is 43.4 Å². The number of nitrogens with one attached hydrogen (secondary N) is 2. The van der Waals surface area contributed by atoms with E-state index in [1.165, 1.54) is 0 Å². The molecule has 0 atom stereocenters. The molecule has 3 aromatic carbocycles. The first-order valence-corrected chi connectivity index (χ1v) is 11.4. The maximum Gasteiger partial charge on any atom is 0.338 e. The number of hydrogen-bond donors (Lipinski definition) is 2. The lowest BCUT2D eigenvalue weighted by molar-refractivity contribution is -0.128. The van der Waals surface area contributed by atoms with Crippen LogP contribution in [0, 0.1) is 0 Å². The van der Waals surface area contributed by atoms with Gasteiger partial charge in [0.15, 0.2) is 0 Å².